The summed E-state index contributed by atoms with van der Waals surface area (Å²) in [4.78, 5) is 0. The Kier molecular flexibility index (Phi) is 3.64. The highest BCUT2D eigenvalue weighted by atomic mass is 79.9. The molecule has 0 bridgehead atoms. The predicted molar refractivity (Wildman–Crippen MR) is 57.4 cm³/mol. The Morgan fingerprint density at radius 1 is 1.50 bits per heavy atom. The molecule has 2 atom stereocenters. The molecule has 0 heterocycles. The molecule has 2 unspecified atom stereocenters. The highest BCUT2D eigenvalue weighted by Gasteiger charge is 2.18. The van der Waals surface area contributed by atoms with Gasteiger partial charge < -0.3 is 10.8 Å². The molecular formula is C10H13BrFNO. The molecule has 1 aromatic carbocycles. The molecule has 14 heavy (non-hydrogen) atoms. The van der Waals surface area contributed by atoms with E-state index in [4.69, 9.17) is 5.73 Å². The minimum atomic E-state index is -0.848. The summed E-state index contributed by atoms with van der Waals surface area (Å²) >= 11 is 3.11. The first-order valence-electron chi connectivity index (χ1n) is 4.33. The fourth-order valence-electron chi connectivity index (χ4n) is 1.17. The van der Waals surface area contributed by atoms with Crippen molar-refractivity contribution in [3.8, 4) is 0 Å². The van der Waals surface area contributed by atoms with Crippen LogP contribution < -0.4 is 5.73 Å². The van der Waals surface area contributed by atoms with Crippen LogP contribution >= 0.6 is 15.9 Å². The topological polar surface area (TPSA) is 46.2 Å². The fraction of sp³-hybridized carbons (Fsp3) is 0.400. The summed E-state index contributed by atoms with van der Waals surface area (Å²) < 4.78 is 13.7. The van der Waals surface area contributed by atoms with Gasteiger partial charge in [0.05, 0.1) is 10.6 Å². The van der Waals surface area contributed by atoms with E-state index in [9.17, 15) is 9.50 Å². The van der Waals surface area contributed by atoms with Crippen molar-refractivity contribution in [2.75, 3.05) is 0 Å². The molecule has 3 N–H and O–H groups in total. The van der Waals surface area contributed by atoms with Crippen LogP contribution in [0.3, 0.4) is 0 Å². The van der Waals surface area contributed by atoms with Gasteiger partial charge in [-0.15, -0.1) is 0 Å². The first-order valence-corrected chi connectivity index (χ1v) is 5.12. The number of hydrogen-bond acceptors (Lipinski definition) is 2. The quantitative estimate of drug-likeness (QED) is 0.858. The largest absolute Gasteiger partial charge is 0.387 e. The van der Waals surface area contributed by atoms with E-state index in [0.29, 0.717) is 15.6 Å². The molecule has 0 aliphatic rings. The van der Waals surface area contributed by atoms with Gasteiger partial charge in [0.25, 0.3) is 0 Å². The molecular weight excluding hydrogens is 249 g/mol. The van der Waals surface area contributed by atoms with E-state index in [0.717, 1.165) is 0 Å². The predicted octanol–water partition coefficient (Wildman–Crippen LogP) is 2.28. The van der Waals surface area contributed by atoms with Crippen molar-refractivity contribution in [3.63, 3.8) is 0 Å². The van der Waals surface area contributed by atoms with Crippen LogP contribution in [0.1, 0.15) is 24.2 Å². The van der Waals surface area contributed by atoms with E-state index in [-0.39, 0.29) is 5.82 Å². The van der Waals surface area contributed by atoms with Crippen LogP contribution in [-0.2, 0) is 0 Å². The van der Waals surface area contributed by atoms with Crippen LogP contribution in [0.2, 0.25) is 0 Å². The van der Waals surface area contributed by atoms with Gasteiger partial charge >= 0.3 is 0 Å². The zero-order valence-electron chi connectivity index (χ0n) is 8.09. The Morgan fingerprint density at radius 2 is 2.07 bits per heavy atom. The molecule has 0 amide bonds. The molecule has 0 fully saturated rings. The molecule has 0 radical (unpaired) electrons. The van der Waals surface area contributed by atoms with Gasteiger partial charge in [0.15, 0.2) is 0 Å². The van der Waals surface area contributed by atoms with Gasteiger partial charge in [-0.1, -0.05) is 12.1 Å². The van der Waals surface area contributed by atoms with Crippen LogP contribution in [0.4, 0.5) is 4.39 Å². The van der Waals surface area contributed by atoms with Crippen LogP contribution in [-0.4, -0.2) is 11.1 Å². The molecule has 78 valence electrons. The van der Waals surface area contributed by atoms with Gasteiger partial charge in [-0.2, -0.15) is 0 Å². The molecule has 0 saturated heterocycles. The van der Waals surface area contributed by atoms with Crippen LogP contribution in [0.5, 0.6) is 0 Å². The average molecular weight is 262 g/mol. The van der Waals surface area contributed by atoms with E-state index in [1.165, 1.54) is 0 Å². The Morgan fingerprint density at radius 3 is 2.57 bits per heavy atom. The number of nitrogens with two attached hydrogens (primary N) is 1. The minimum absolute atomic E-state index is 0.294. The van der Waals surface area contributed by atoms with Crippen LogP contribution in [0, 0.1) is 12.7 Å². The molecule has 4 heteroatoms. The summed E-state index contributed by atoms with van der Waals surface area (Å²) in [5.41, 5.74) is 6.56. The maximum Gasteiger partial charge on any atom is 0.140 e. The minimum Gasteiger partial charge on any atom is -0.387 e. The normalized spacial score (nSPS) is 15.3. The van der Waals surface area contributed by atoms with E-state index < -0.39 is 12.1 Å². The Balaban J connectivity index is 3.17. The summed E-state index contributed by atoms with van der Waals surface area (Å²) in [6.45, 7) is 3.34. The number of aliphatic hydroxyl groups excluding tert-OH is 1. The van der Waals surface area contributed by atoms with Gasteiger partial charge in [0.1, 0.15) is 5.82 Å². The van der Waals surface area contributed by atoms with Gasteiger partial charge in [0, 0.05) is 6.04 Å². The van der Waals surface area contributed by atoms with Crippen molar-refractivity contribution in [2.24, 2.45) is 5.73 Å². The second-order valence-corrected chi connectivity index (χ2v) is 4.20. The second-order valence-electron chi connectivity index (χ2n) is 3.40. The van der Waals surface area contributed by atoms with Crippen molar-refractivity contribution in [1.82, 2.24) is 0 Å². The molecule has 2 nitrogen and oxygen atoms in total. The smallest absolute Gasteiger partial charge is 0.140 e. The van der Waals surface area contributed by atoms with E-state index >= 15 is 0 Å². The van der Waals surface area contributed by atoms with Crippen molar-refractivity contribution >= 4 is 15.9 Å². The molecule has 0 spiro atoms. The SMILES string of the molecule is Cc1ccc(C(O)C(C)N)c(Br)c1F. The van der Waals surface area contributed by atoms with Crippen LogP contribution in [0.25, 0.3) is 0 Å². The summed E-state index contributed by atoms with van der Waals surface area (Å²) in [6, 6.07) is 2.88. The van der Waals surface area contributed by atoms with Crippen LogP contribution in [0.15, 0.2) is 16.6 Å². The molecule has 0 saturated carbocycles. The Hall–Kier alpha value is -0.450. The molecule has 0 aliphatic carbocycles. The molecule has 1 aromatic rings. The standard InChI is InChI=1S/C10H13BrFNO/c1-5-3-4-7(8(11)9(5)12)10(14)6(2)13/h3-4,6,10,14H,13H2,1-2H3. The van der Waals surface area contributed by atoms with Gasteiger partial charge in [-0.3, -0.25) is 0 Å². The summed E-state index contributed by atoms with van der Waals surface area (Å²) in [5, 5.41) is 9.67. The molecule has 0 aromatic heterocycles. The van der Waals surface area contributed by atoms with Gasteiger partial charge in [-0.25, -0.2) is 4.39 Å². The van der Waals surface area contributed by atoms with Gasteiger partial charge in [-0.05, 0) is 40.9 Å². The van der Waals surface area contributed by atoms with Crippen molar-refractivity contribution in [1.29, 1.82) is 0 Å². The third-order valence-electron chi connectivity index (χ3n) is 2.12. The Bertz CT molecular complexity index is 341. The lowest BCUT2D eigenvalue weighted by Crippen LogP contribution is -2.24. The van der Waals surface area contributed by atoms with Gasteiger partial charge in [0.2, 0.25) is 0 Å². The summed E-state index contributed by atoms with van der Waals surface area (Å²) in [7, 11) is 0. The highest BCUT2D eigenvalue weighted by Crippen LogP contribution is 2.29. The average Bonchev–Trinajstić information content (AvgIpc) is 2.13. The van der Waals surface area contributed by atoms with E-state index in [2.05, 4.69) is 15.9 Å². The van der Waals surface area contributed by atoms with E-state index in [1.807, 2.05) is 0 Å². The molecule has 0 aliphatic heterocycles. The van der Waals surface area contributed by atoms with Crippen molar-refractivity contribution in [3.05, 3.63) is 33.5 Å². The summed E-state index contributed by atoms with van der Waals surface area (Å²) in [6.07, 6.45) is -0.848. The third kappa shape index (κ3) is 2.13. The zero-order valence-corrected chi connectivity index (χ0v) is 9.68. The summed E-state index contributed by atoms with van der Waals surface area (Å²) in [5.74, 6) is -0.345. The number of aliphatic hydroxyl groups is 1. The lowest BCUT2D eigenvalue weighted by molar-refractivity contribution is 0.152. The van der Waals surface area contributed by atoms with E-state index in [1.54, 1.807) is 26.0 Å². The maximum atomic E-state index is 13.4. The number of benzene rings is 1. The highest BCUT2D eigenvalue weighted by molar-refractivity contribution is 9.10. The monoisotopic (exact) mass is 261 g/mol. The first kappa shape index (κ1) is 11.6. The maximum absolute atomic E-state index is 13.4. The third-order valence-corrected chi connectivity index (χ3v) is 2.93. The lowest BCUT2D eigenvalue weighted by atomic mass is 10.0. The zero-order chi connectivity index (χ0) is 10.9. The molecule has 1 rings (SSSR count). The second kappa shape index (κ2) is 4.38. The number of hydrogen-bond donors (Lipinski definition) is 2. The lowest BCUT2D eigenvalue weighted by Gasteiger charge is -2.17. The Labute approximate surface area is 91.1 Å². The first-order chi connectivity index (χ1) is 6.45. The fourth-order valence-corrected chi connectivity index (χ4v) is 1.85. The number of rotatable bonds is 2. The number of halogens is 2. The van der Waals surface area contributed by atoms with Crippen molar-refractivity contribution < 1.29 is 9.50 Å². The number of aryl methyl sites for hydroxylation is 1. The van der Waals surface area contributed by atoms with Crippen molar-refractivity contribution in [2.45, 2.75) is 26.0 Å².